The van der Waals surface area contributed by atoms with Crippen molar-refractivity contribution in [3.05, 3.63) is 0 Å². The molecule has 63 heavy (non-hydrogen) atoms. The van der Waals surface area contributed by atoms with Gasteiger partial charge in [0.05, 0.1) is 52.9 Å². The van der Waals surface area contributed by atoms with Gasteiger partial charge in [-0.05, 0) is 0 Å². The first kappa shape index (κ1) is 50.7. The number of carbonyl (C=O) groups is 8. The highest BCUT2D eigenvalue weighted by Crippen LogP contribution is 2.35. The summed E-state index contributed by atoms with van der Waals surface area (Å²) in [5.74, 6) is -5.35. The van der Waals surface area contributed by atoms with Crippen molar-refractivity contribution in [3.8, 4) is 0 Å². The monoisotopic (exact) mass is 906 g/mol. The Bertz CT molecular complexity index is 1570. The Balaban J connectivity index is 1.91. The van der Waals surface area contributed by atoms with Gasteiger partial charge in [0.2, 0.25) is 0 Å². The first-order valence-electron chi connectivity index (χ1n) is 20.4. The lowest BCUT2D eigenvalue weighted by Crippen LogP contribution is -2.69. The Morgan fingerprint density at radius 2 is 0.968 bits per heavy atom. The van der Waals surface area contributed by atoms with Crippen LogP contribution in [0, 0.1) is 0 Å². The van der Waals surface area contributed by atoms with Gasteiger partial charge in [-0.15, -0.1) is 0 Å². The van der Waals surface area contributed by atoms with Crippen LogP contribution in [0.5, 0.6) is 0 Å². The van der Waals surface area contributed by atoms with Gasteiger partial charge in [0.25, 0.3) is 0 Å². The van der Waals surface area contributed by atoms with Crippen molar-refractivity contribution in [1.29, 1.82) is 0 Å². The smallest absolute Gasteiger partial charge is 0.319 e. The molecule has 0 aromatic heterocycles. The summed E-state index contributed by atoms with van der Waals surface area (Å²) in [5.41, 5.74) is 0. The lowest BCUT2D eigenvalue weighted by molar-refractivity contribution is -0.342. The molecule has 0 unspecified atom stereocenters. The lowest BCUT2D eigenvalue weighted by Gasteiger charge is -2.49. The van der Waals surface area contributed by atoms with E-state index in [1.54, 1.807) is 0 Å². The molecule has 7 rings (SSSR count). The average molecular weight is 907 g/mol. The molecule has 10 atom stereocenters. The molecule has 25 heteroatoms. The van der Waals surface area contributed by atoms with Crippen molar-refractivity contribution >= 4 is 47.9 Å². The Kier molecular flexibility index (Phi) is 20.4. The van der Waals surface area contributed by atoms with E-state index in [1.165, 1.54) is 9.80 Å². The highest BCUT2D eigenvalue weighted by molar-refractivity contribution is 5.75. The van der Waals surface area contributed by atoms with Crippen molar-refractivity contribution in [2.45, 2.75) is 103 Å². The minimum absolute atomic E-state index is 0.0239. The van der Waals surface area contributed by atoms with Crippen molar-refractivity contribution in [2.75, 3.05) is 92.2 Å². The summed E-state index contributed by atoms with van der Waals surface area (Å²) in [5, 5.41) is 5.39. The van der Waals surface area contributed by atoms with E-state index in [4.69, 9.17) is 61.6 Å². The number of ether oxygens (including phenoxy) is 13. The molecule has 0 aromatic carbocycles. The van der Waals surface area contributed by atoms with Crippen LogP contribution in [0.4, 0.5) is 9.59 Å². The second kappa shape index (κ2) is 25.4. The molecule has 7 heterocycles. The van der Waals surface area contributed by atoms with Gasteiger partial charge >= 0.3 is 47.9 Å². The quantitative estimate of drug-likeness (QED) is 0.210. The molecule has 25 nitrogen and oxygen atoms in total. The minimum Gasteiger partial charge on any atom is -0.463 e. The number of carbonyl (C=O) groups excluding carboxylic acids is 8. The molecule has 0 spiro atoms. The third-order valence-electron chi connectivity index (χ3n) is 9.54. The van der Waals surface area contributed by atoms with Gasteiger partial charge in [-0.1, -0.05) is 0 Å². The Hall–Kier alpha value is -4.92. The van der Waals surface area contributed by atoms with Gasteiger partial charge in [-0.2, -0.15) is 0 Å². The third-order valence-corrected chi connectivity index (χ3v) is 9.54. The molecular weight excluding hydrogens is 848 g/mol. The summed E-state index contributed by atoms with van der Waals surface area (Å²) in [6, 6.07) is -1.40. The van der Waals surface area contributed by atoms with Crippen molar-refractivity contribution in [2.24, 2.45) is 0 Å². The second-order valence-corrected chi connectivity index (χ2v) is 14.5. The van der Waals surface area contributed by atoms with Gasteiger partial charge in [0.15, 0.2) is 43.0 Å². The molecule has 0 aromatic rings. The average Bonchev–Trinajstić information content (AvgIpc) is 3.19. The van der Waals surface area contributed by atoms with E-state index in [9.17, 15) is 38.4 Å². The predicted octanol–water partition coefficient (Wildman–Crippen LogP) is -1.84. The van der Waals surface area contributed by atoms with Gasteiger partial charge in [-0.25, -0.2) is 9.59 Å². The molecule has 6 bridgehead atoms. The van der Waals surface area contributed by atoms with Crippen molar-refractivity contribution < 1.29 is 99.9 Å². The van der Waals surface area contributed by atoms with Crippen LogP contribution in [0.2, 0.25) is 0 Å². The molecule has 356 valence electrons. The maximum atomic E-state index is 14.1. The van der Waals surface area contributed by atoms with Crippen LogP contribution < -0.4 is 10.6 Å². The predicted molar refractivity (Wildman–Crippen MR) is 205 cm³/mol. The van der Waals surface area contributed by atoms with Crippen LogP contribution in [-0.4, -0.2) is 211 Å². The standard InChI is InChI=1S/C38H58N4O21/c1-21(43)55-20-28-30-31(57-23(3)45)33(59-25(5)47)35(61-28)40-38(50)42-9-13-53-17-15-51-11-7-41(8-12-52-16-18-54-14-10-42)37(49)39-19-27-29(56-22(2)44)32(58-24(4)46)34(60-26(6)48)36(62-27)63-30/h27-36H,7-20H2,1-6H3,(H,39,49)(H,40,50)/t27-,28-,29-,30-,31+,32+,33-,34-,35-,36+/m1/s1. The highest BCUT2D eigenvalue weighted by Gasteiger charge is 2.57. The van der Waals surface area contributed by atoms with Gasteiger partial charge < -0.3 is 82.0 Å². The lowest BCUT2D eigenvalue weighted by atomic mass is 9.95. The number of amides is 4. The van der Waals surface area contributed by atoms with E-state index >= 15 is 0 Å². The zero-order chi connectivity index (χ0) is 46.1. The summed E-state index contributed by atoms with van der Waals surface area (Å²) in [6.07, 6.45) is -16.5. The molecule has 7 aliphatic heterocycles. The summed E-state index contributed by atoms with van der Waals surface area (Å²) in [4.78, 5) is 106. The van der Waals surface area contributed by atoms with Crippen LogP contribution in [0.1, 0.15) is 41.5 Å². The topological polar surface area (TPSA) is 287 Å². The maximum absolute atomic E-state index is 14.1. The number of urea groups is 2. The number of nitrogens with one attached hydrogen (secondary N) is 2. The fraction of sp³-hybridized carbons (Fsp3) is 0.789. The summed E-state index contributed by atoms with van der Waals surface area (Å²) >= 11 is 0. The third kappa shape index (κ3) is 16.3. The maximum Gasteiger partial charge on any atom is 0.319 e. The molecule has 7 saturated heterocycles. The van der Waals surface area contributed by atoms with E-state index in [0.717, 1.165) is 41.5 Å². The highest BCUT2D eigenvalue weighted by atomic mass is 16.8. The van der Waals surface area contributed by atoms with Crippen LogP contribution in [-0.2, 0) is 90.3 Å². The second-order valence-electron chi connectivity index (χ2n) is 14.5. The molecule has 7 aliphatic rings. The van der Waals surface area contributed by atoms with Gasteiger partial charge in [0, 0.05) is 74.3 Å². The fourth-order valence-corrected chi connectivity index (χ4v) is 6.94. The SMILES string of the molecule is CC(=O)OC[C@H]1O[C@H]2NC(=O)N3CCOCCOCCN(CCOCCOCC3)C(=O)NC[C@H]3O[C@@H](O[C@H]1[C@H](OC(C)=O)[C@H]2OC(C)=O)[C@H](OC(C)=O)[C@@H](OC(C)=O)[C@@H]3OC(C)=O. The number of rotatable bonds is 7. The van der Waals surface area contributed by atoms with Crippen molar-refractivity contribution in [1.82, 2.24) is 20.4 Å². The molecule has 0 radical (unpaired) electrons. The zero-order valence-electron chi connectivity index (χ0n) is 36.1. The Labute approximate surface area is 363 Å². The first-order chi connectivity index (χ1) is 30.0. The van der Waals surface area contributed by atoms with Crippen LogP contribution in [0.3, 0.4) is 0 Å². The Morgan fingerprint density at radius 1 is 0.524 bits per heavy atom. The van der Waals surface area contributed by atoms with Gasteiger partial charge in [-0.3, -0.25) is 28.8 Å². The molecule has 0 saturated carbocycles. The molecular formula is C38H58N4O21. The van der Waals surface area contributed by atoms with E-state index in [1.807, 2.05) is 0 Å². The molecule has 7 fully saturated rings. The number of hydrogen-bond acceptors (Lipinski definition) is 21. The largest absolute Gasteiger partial charge is 0.463 e. The van der Waals surface area contributed by atoms with Crippen LogP contribution >= 0.6 is 0 Å². The van der Waals surface area contributed by atoms with Crippen LogP contribution in [0.15, 0.2) is 0 Å². The van der Waals surface area contributed by atoms with E-state index in [2.05, 4.69) is 10.6 Å². The van der Waals surface area contributed by atoms with Crippen molar-refractivity contribution in [3.63, 3.8) is 0 Å². The summed E-state index contributed by atoms with van der Waals surface area (Å²) in [6.45, 7) is 6.24. The molecule has 2 N–H and O–H groups in total. The zero-order valence-corrected chi connectivity index (χ0v) is 36.1. The van der Waals surface area contributed by atoms with E-state index in [0.29, 0.717) is 0 Å². The van der Waals surface area contributed by atoms with E-state index < -0.39 is 122 Å². The normalized spacial score (nSPS) is 30.8. The number of nitrogens with zero attached hydrogens (tertiary/aromatic N) is 2. The van der Waals surface area contributed by atoms with E-state index in [-0.39, 0.29) is 79.0 Å². The number of hydrogen-bond donors (Lipinski definition) is 2. The molecule has 0 aliphatic carbocycles. The Morgan fingerprint density at radius 3 is 1.46 bits per heavy atom. The first-order valence-corrected chi connectivity index (χ1v) is 20.4. The summed E-state index contributed by atoms with van der Waals surface area (Å²) < 4.78 is 75.5. The fourth-order valence-electron chi connectivity index (χ4n) is 6.94. The number of esters is 6. The van der Waals surface area contributed by atoms with Crippen LogP contribution in [0.25, 0.3) is 0 Å². The minimum atomic E-state index is -1.86. The molecule has 4 amide bonds. The summed E-state index contributed by atoms with van der Waals surface area (Å²) in [7, 11) is 0. The van der Waals surface area contributed by atoms with Gasteiger partial charge in [0.1, 0.15) is 24.9 Å².